The summed E-state index contributed by atoms with van der Waals surface area (Å²) < 4.78 is 6.94. The molecule has 4 rings (SSSR count). The predicted molar refractivity (Wildman–Crippen MR) is 121 cm³/mol. The number of nitrogens with zero attached hydrogens (tertiary/aromatic N) is 3. The van der Waals surface area contributed by atoms with Gasteiger partial charge in [-0.15, -0.1) is 10.2 Å². The first-order valence-electron chi connectivity index (χ1n) is 9.81. The van der Waals surface area contributed by atoms with Gasteiger partial charge in [-0.1, -0.05) is 55.4 Å². The van der Waals surface area contributed by atoms with Crippen molar-refractivity contribution < 1.29 is 4.42 Å². The molecule has 2 N–H and O–H groups in total. The number of thioether (sulfide) groups is 1. The molecule has 2 aromatic carbocycles. The molecule has 2 heterocycles. The number of nitrogens with two attached hydrogens (primary N) is 1. The average molecular weight is 421 g/mol. The van der Waals surface area contributed by atoms with E-state index in [2.05, 4.69) is 30.1 Å². The maximum atomic E-state index is 12.1. The Labute approximate surface area is 179 Å². The fourth-order valence-corrected chi connectivity index (χ4v) is 4.40. The van der Waals surface area contributed by atoms with Gasteiger partial charge in [0.05, 0.1) is 0 Å². The lowest BCUT2D eigenvalue weighted by Gasteiger charge is -2.13. The average Bonchev–Trinajstić information content (AvgIpc) is 3.06. The Morgan fingerprint density at radius 3 is 2.53 bits per heavy atom. The Hall–Kier alpha value is -3.06. The van der Waals surface area contributed by atoms with Gasteiger partial charge in [0.15, 0.2) is 5.82 Å². The van der Waals surface area contributed by atoms with E-state index < -0.39 is 0 Å². The first kappa shape index (κ1) is 20.2. The summed E-state index contributed by atoms with van der Waals surface area (Å²) in [6, 6.07) is 13.6. The highest BCUT2D eigenvalue weighted by molar-refractivity contribution is 7.98. The molecule has 0 aliphatic rings. The molecule has 0 aliphatic carbocycles. The Balaban J connectivity index is 1.66. The maximum absolute atomic E-state index is 12.1. The van der Waals surface area contributed by atoms with Gasteiger partial charge < -0.3 is 10.3 Å². The first-order valence-corrected chi connectivity index (χ1v) is 10.8. The fraction of sp³-hybridized carbons (Fsp3) is 0.261. The second-order valence-corrected chi connectivity index (χ2v) is 8.72. The van der Waals surface area contributed by atoms with Crippen molar-refractivity contribution in [1.82, 2.24) is 14.9 Å². The van der Waals surface area contributed by atoms with Gasteiger partial charge >= 0.3 is 5.63 Å². The lowest BCUT2D eigenvalue weighted by Crippen LogP contribution is -2.11. The Morgan fingerprint density at radius 2 is 1.83 bits per heavy atom. The third kappa shape index (κ3) is 3.85. The summed E-state index contributed by atoms with van der Waals surface area (Å²) in [5.74, 6) is 7.77. The summed E-state index contributed by atoms with van der Waals surface area (Å²) in [7, 11) is 0. The van der Waals surface area contributed by atoms with E-state index in [1.54, 1.807) is 6.07 Å². The molecule has 0 saturated heterocycles. The lowest BCUT2D eigenvalue weighted by atomic mass is 9.95. The normalized spacial score (nSPS) is 11.5. The molecule has 0 aliphatic heterocycles. The molecule has 0 bridgehead atoms. The van der Waals surface area contributed by atoms with Crippen LogP contribution in [0.5, 0.6) is 0 Å². The van der Waals surface area contributed by atoms with Crippen molar-refractivity contribution in [3.05, 3.63) is 75.1 Å². The second-order valence-electron chi connectivity index (χ2n) is 7.78. The van der Waals surface area contributed by atoms with E-state index in [0.29, 0.717) is 28.2 Å². The molecule has 7 heteroatoms. The molecule has 0 spiro atoms. The topological polar surface area (TPSA) is 86.9 Å². The van der Waals surface area contributed by atoms with Crippen LogP contribution in [-0.2, 0) is 5.75 Å². The SMILES string of the molecule is Cc1ccc(-c2nnc(SCc3cc(=O)oc4cc(C)c(C(C)C)cc34)n2N)cc1. The van der Waals surface area contributed by atoms with Crippen molar-refractivity contribution in [2.24, 2.45) is 0 Å². The van der Waals surface area contributed by atoms with Crippen molar-refractivity contribution >= 4 is 22.7 Å². The summed E-state index contributed by atoms with van der Waals surface area (Å²) in [5, 5.41) is 10.0. The summed E-state index contributed by atoms with van der Waals surface area (Å²) in [4.78, 5) is 12.1. The van der Waals surface area contributed by atoms with Gasteiger partial charge in [0, 0.05) is 22.8 Å². The number of fused-ring (bicyclic) bond motifs is 1. The number of rotatable bonds is 5. The van der Waals surface area contributed by atoms with Crippen molar-refractivity contribution in [3.8, 4) is 11.4 Å². The lowest BCUT2D eigenvalue weighted by molar-refractivity contribution is 0.559. The van der Waals surface area contributed by atoms with E-state index in [0.717, 1.165) is 22.1 Å². The van der Waals surface area contributed by atoms with Crippen LogP contribution in [0.25, 0.3) is 22.4 Å². The van der Waals surface area contributed by atoms with Crippen molar-refractivity contribution in [2.45, 2.75) is 44.5 Å². The molecular weight excluding hydrogens is 396 g/mol. The van der Waals surface area contributed by atoms with E-state index in [1.807, 2.05) is 44.2 Å². The van der Waals surface area contributed by atoms with Crippen LogP contribution in [0.2, 0.25) is 0 Å². The minimum atomic E-state index is -0.357. The van der Waals surface area contributed by atoms with Crippen LogP contribution < -0.4 is 11.5 Å². The minimum Gasteiger partial charge on any atom is -0.423 e. The van der Waals surface area contributed by atoms with E-state index in [4.69, 9.17) is 10.3 Å². The molecule has 2 aromatic heterocycles. The smallest absolute Gasteiger partial charge is 0.336 e. The highest BCUT2D eigenvalue weighted by Crippen LogP contribution is 2.30. The fourth-order valence-electron chi connectivity index (χ4n) is 3.55. The summed E-state index contributed by atoms with van der Waals surface area (Å²) in [5.41, 5.74) is 5.58. The number of hydrogen-bond acceptors (Lipinski definition) is 6. The summed E-state index contributed by atoms with van der Waals surface area (Å²) in [6.07, 6.45) is 0. The molecule has 0 amide bonds. The molecule has 154 valence electrons. The van der Waals surface area contributed by atoms with Crippen molar-refractivity contribution in [1.29, 1.82) is 0 Å². The third-order valence-electron chi connectivity index (χ3n) is 5.17. The Morgan fingerprint density at radius 1 is 1.10 bits per heavy atom. The number of hydrogen-bond donors (Lipinski definition) is 1. The Bertz CT molecular complexity index is 1270. The molecule has 0 unspecified atom stereocenters. The largest absolute Gasteiger partial charge is 0.423 e. The summed E-state index contributed by atoms with van der Waals surface area (Å²) >= 11 is 1.44. The van der Waals surface area contributed by atoms with Crippen LogP contribution in [0.3, 0.4) is 0 Å². The van der Waals surface area contributed by atoms with Crippen molar-refractivity contribution in [3.63, 3.8) is 0 Å². The first-order chi connectivity index (χ1) is 14.3. The molecule has 30 heavy (non-hydrogen) atoms. The van der Waals surface area contributed by atoms with Gasteiger partial charge in [0.25, 0.3) is 0 Å². The summed E-state index contributed by atoms with van der Waals surface area (Å²) in [6.45, 7) is 8.39. The van der Waals surface area contributed by atoms with Crippen molar-refractivity contribution in [2.75, 3.05) is 5.84 Å². The van der Waals surface area contributed by atoms with E-state index in [-0.39, 0.29) is 5.63 Å². The van der Waals surface area contributed by atoms with Gasteiger partial charge in [-0.05, 0) is 48.6 Å². The molecular formula is C23H24N4O2S. The monoisotopic (exact) mass is 420 g/mol. The zero-order valence-corrected chi connectivity index (χ0v) is 18.3. The third-order valence-corrected chi connectivity index (χ3v) is 6.16. The standard InChI is InChI=1S/C23H24N4O2S/c1-13(2)18-11-19-17(10-21(28)29-20(19)9-15(18)4)12-30-23-26-25-22(27(23)24)16-7-5-14(3)6-8-16/h5-11,13H,12,24H2,1-4H3. The highest BCUT2D eigenvalue weighted by Gasteiger charge is 2.15. The second kappa shape index (κ2) is 7.99. The highest BCUT2D eigenvalue weighted by atomic mass is 32.2. The van der Waals surface area contributed by atoms with E-state index >= 15 is 0 Å². The minimum absolute atomic E-state index is 0.357. The van der Waals surface area contributed by atoms with Crippen LogP contribution in [0, 0.1) is 13.8 Å². The van der Waals surface area contributed by atoms with Crippen LogP contribution >= 0.6 is 11.8 Å². The van der Waals surface area contributed by atoms with Crippen LogP contribution in [0.4, 0.5) is 0 Å². The zero-order chi connectivity index (χ0) is 21.4. The molecule has 6 nitrogen and oxygen atoms in total. The molecule has 0 saturated carbocycles. The number of aromatic nitrogens is 3. The van der Waals surface area contributed by atoms with Gasteiger partial charge in [0.2, 0.25) is 5.16 Å². The van der Waals surface area contributed by atoms with Gasteiger partial charge in [-0.2, -0.15) is 0 Å². The van der Waals surface area contributed by atoms with Crippen LogP contribution in [0.1, 0.15) is 42.0 Å². The molecule has 0 radical (unpaired) electrons. The van der Waals surface area contributed by atoms with Gasteiger partial charge in [-0.25, -0.2) is 9.47 Å². The van der Waals surface area contributed by atoms with Gasteiger partial charge in [-0.3, -0.25) is 0 Å². The quantitative estimate of drug-likeness (QED) is 0.284. The van der Waals surface area contributed by atoms with E-state index in [1.165, 1.54) is 27.6 Å². The number of benzene rings is 2. The molecule has 0 fully saturated rings. The van der Waals surface area contributed by atoms with E-state index in [9.17, 15) is 4.79 Å². The van der Waals surface area contributed by atoms with Gasteiger partial charge in [0.1, 0.15) is 5.58 Å². The molecule has 4 aromatic rings. The number of aryl methyl sites for hydroxylation is 2. The predicted octanol–water partition coefficient (Wildman–Crippen LogP) is 4.80. The molecule has 0 atom stereocenters. The van der Waals surface area contributed by atoms with Crippen LogP contribution in [0.15, 0.2) is 56.8 Å². The van der Waals surface area contributed by atoms with Crippen LogP contribution in [-0.4, -0.2) is 14.9 Å². The maximum Gasteiger partial charge on any atom is 0.336 e. The Kier molecular flexibility index (Phi) is 5.39. The zero-order valence-electron chi connectivity index (χ0n) is 17.5. The number of nitrogen functional groups attached to an aromatic ring is 1.